The quantitative estimate of drug-likeness (QED) is 0.395. The second-order valence-corrected chi connectivity index (χ2v) is 8.97. The average molecular weight is 507 g/mol. The summed E-state index contributed by atoms with van der Waals surface area (Å²) < 4.78 is 4.38. The van der Waals surface area contributed by atoms with Crippen molar-refractivity contribution in [1.82, 2.24) is 14.4 Å². The molecule has 1 N–H and O–H groups in total. The van der Waals surface area contributed by atoms with Crippen LogP contribution >= 0.6 is 58.0 Å². The van der Waals surface area contributed by atoms with Gasteiger partial charge in [0.1, 0.15) is 5.82 Å². The Bertz CT molecular complexity index is 1300. The first-order chi connectivity index (χ1) is 14.2. The predicted octanol–water partition coefficient (Wildman–Crippen LogP) is 4.88. The smallest absolute Gasteiger partial charge is 0.340 e. The molecule has 0 saturated carbocycles. The van der Waals surface area contributed by atoms with Crippen molar-refractivity contribution in [1.29, 1.82) is 0 Å². The van der Waals surface area contributed by atoms with Crippen LogP contribution in [0.25, 0.3) is 5.65 Å². The maximum Gasteiger partial charge on any atom is 0.340 e. The highest BCUT2D eigenvalue weighted by Crippen LogP contribution is 2.37. The molecule has 1 aromatic carbocycles. The molecular weight excluding hydrogens is 497 g/mol. The molecule has 0 saturated heterocycles. The Balaban J connectivity index is 2.02. The van der Waals surface area contributed by atoms with E-state index in [9.17, 15) is 4.79 Å². The molecule has 1 aliphatic rings. The van der Waals surface area contributed by atoms with Crippen LogP contribution in [0.2, 0.25) is 10.0 Å². The van der Waals surface area contributed by atoms with Crippen molar-refractivity contribution in [3.63, 3.8) is 0 Å². The van der Waals surface area contributed by atoms with Gasteiger partial charge in [-0.15, -0.1) is 0 Å². The molecule has 2 aromatic heterocycles. The molecule has 1 aliphatic heterocycles. The number of anilines is 1. The molecule has 30 heavy (non-hydrogen) atoms. The summed E-state index contributed by atoms with van der Waals surface area (Å²) >= 11 is 30.6. The minimum atomic E-state index is -1.87. The molecule has 0 atom stereocenters. The number of pyridine rings is 1. The van der Waals surface area contributed by atoms with Gasteiger partial charge in [-0.3, -0.25) is 0 Å². The van der Waals surface area contributed by atoms with Gasteiger partial charge in [-0.05, 0) is 18.2 Å². The summed E-state index contributed by atoms with van der Waals surface area (Å²) in [6.07, 6.45) is 0. The first-order valence-electron chi connectivity index (χ1n) is 8.13. The summed E-state index contributed by atoms with van der Waals surface area (Å²) in [5.41, 5.74) is 0.770. The van der Waals surface area contributed by atoms with E-state index in [4.69, 9.17) is 62.7 Å². The van der Waals surface area contributed by atoms with Gasteiger partial charge in [-0.25, -0.2) is 14.2 Å². The summed E-state index contributed by atoms with van der Waals surface area (Å²) in [7, 11) is 1.28. The fraction of sp³-hybridized carbons (Fsp3) is 0.118. The zero-order valence-corrected chi connectivity index (χ0v) is 18.6. The van der Waals surface area contributed by atoms with Gasteiger partial charge in [-0.2, -0.15) is 15.0 Å². The van der Waals surface area contributed by atoms with Gasteiger partial charge < -0.3 is 10.1 Å². The van der Waals surface area contributed by atoms with Gasteiger partial charge in [0, 0.05) is 0 Å². The minimum absolute atomic E-state index is 0.0161. The lowest BCUT2D eigenvalue weighted by Crippen LogP contribution is -2.32. The van der Waals surface area contributed by atoms with Crippen LogP contribution in [0.15, 0.2) is 40.3 Å². The number of para-hydroxylation sites is 1. The highest BCUT2D eigenvalue weighted by atomic mass is 35.6. The van der Waals surface area contributed by atoms with Crippen molar-refractivity contribution >= 4 is 92.9 Å². The molecular formula is C17H9Cl5N6O2. The van der Waals surface area contributed by atoms with Crippen molar-refractivity contribution in [2.45, 2.75) is 3.79 Å². The van der Waals surface area contributed by atoms with Crippen molar-refractivity contribution in [3.8, 4) is 0 Å². The minimum Gasteiger partial charge on any atom is -0.465 e. The van der Waals surface area contributed by atoms with Gasteiger partial charge >= 0.3 is 5.97 Å². The standard InChI is InChI=1S/C17H9Cl5N6O2/c1-30-13(29)7-4-2-3-5-10(7)23-15-25-12-9(19)6-8(18)11-24-14(17(20,21)22)26-16(27-15)28(11)12/h2-6H,1H3,(H,23,24,25,26,27). The summed E-state index contributed by atoms with van der Waals surface area (Å²) in [4.78, 5) is 29.3. The van der Waals surface area contributed by atoms with E-state index in [1.165, 1.54) is 17.6 Å². The molecule has 0 spiro atoms. The van der Waals surface area contributed by atoms with E-state index in [0.29, 0.717) is 11.5 Å². The van der Waals surface area contributed by atoms with E-state index in [1.54, 1.807) is 24.3 Å². The molecule has 8 nitrogen and oxygen atoms in total. The molecule has 0 fully saturated rings. The number of nitrogens with one attached hydrogen (secondary N) is 1. The lowest BCUT2D eigenvalue weighted by Gasteiger charge is -2.24. The number of amidine groups is 1. The molecule has 13 heteroatoms. The van der Waals surface area contributed by atoms with Crippen LogP contribution in [0, 0.1) is 0 Å². The second kappa shape index (κ2) is 7.86. The van der Waals surface area contributed by atoms with Crippen LogP contribution in [0.3, 0.4) is 0 Å². The number of methoxy groups -OCH3 is 1. The van der Waals surface area contributed by atoms with E-state index in [-0.39, 0.29) is 38.7 Å². The number of nitrogens with zero attached hydrogens (tertiary/aromatic N) is 5. The van der Waals surface area contributed by atoms with E-state index in [1.807, 2.05) is 0 Å². The highest BCUT2D eigenvalue weighted by Gasteiger charge is 2.33. The van der Waals surface area contributed by atoms with Gasteiger partial charge in [0.05, 0.1) is 28.4 Å². The number of ether oxygens (including phenoxy) is 1. The average Bonchev–Trinajstić information content (AvgIpc) is 2.70. The van der Waals surface area contributed by atoms with Crippen LogP contribution in [0.5, 0.6) is 0 Å². The number of halogens is 5. The molecule has 0 unspecified atom stereocenters. The van der Waals surface area contributed by atoms with E-state index in [0.717, 1.165) is 0 Å². The highest BCUT2D eigenvalue weighted by molar-refractivity contribution is 6.77. The first kappa shape index (κ1) is 21.1. The molecule has 3 heterocycles. The number of carbonyl (C=O) groups is 1. The van der Waals surface area contributed by atoms with Crippen molar-refractivity contribution in [2.75, 3.05) is 12.4 Å². The number of benzene rings is 1. The SMILES string of the molecule is COC(=O)c1ccccc1N=c1nc2n3c(c(Cl)cc(Cl)c3n1)NC(C(Cl)(Cl)Cl)=N2. The van der Waals surface area contributed by atoms with Crippen LogP contribution in [0.1, 0.15) is 10.4 Å². The van der Waals surface area contributed by atoms with Crippen LogP contribution in [-0.2, 0) is 4.74 Å². The monoisotopic (exact) mass is 504 g/mol. The number of hydrogen-bond donors (Lipinski definition) is 1. The van der Waals surface area contributed by atoms with Crippen molar-refractivity contribution in [3.05, 3.63) is 51.6 Å². The maximum absolute atomic E-state index is 12.0. The Morgan fingerprint density at radius 2 is 1.90 bits per heavy atom. The summed E-state index contributed by atoms with van der Waals surface area (Å²) in [6.45, 7) is 0. The lowest BCUT2D eigenvalue weighted by atomic mass is 10.2. The third-order valence-electron chi connectivity index (χ3n) is 3.98. The molecule has 3 aromatic rings. The molecule has 154 valence electrons. The number of aromatic nitrogens is 3. The molecule has 0 amide bonds. The number of rotatable bonds is 2. The predicted molar refractivity (Wildman–Crippen MR) is 117 cm³/mol. The van der Waals surface area contributed by atoms with Crippen molar-refractivity contribution < 1.29 is 9.53 Å². The summed E-state index contributed by atoms with van der Waals surface area (Å²) in [5, 5.41) is 3.31. The Morgan fingerprint density at radius 1 is 1.17 bits per heavy atom. The van der Waals surface area contributed by atoms with Gasteiger partial charge in [0.25, 0.3) is 5.62 Å². The summed E-state index contributed by atoms with van der Waals surface area (Å²) in [5.74, 6) is -0.172. The Kier molecular flexibility index (Phi) is 5.54. The normalized spacial score (nSPS) is 13.8. The fourth-order valence-corrected chi connectivity index (χ4v) is 3.50. The second-order valence-electron chi connectivity index (χ2n) is 5.88. The number of esters is 1. The lowest BCUT2D eigenvalue weighted by molar-refractivity contribution is 0.0601. The van der Waals surface area contributed by atoms with E-state index in [2.05, 4.69) is 25.3 Å². The Labute approximate surface area is 194 Å². The number of alkyl halides is 3. The van der Waals surface area contributed by atoms with Gasteiger partial charge in [0.2, 0.25) is 9.74 Å². The molecule has 4 rings (SSSR count). The van der Waals surface area contributed by atoms with Crippen LogP contribution < -0.4 is 10.9 Å². The number of hydrogen-bond acceptors (Lipinski definition) is 7. The molecule has 0 aliphatic carbocycles. The zero-order valence-electron chi connectivity index (χ0n) is 14.8. The van der Waals surface area contributed by atoms with Crippen molar-refractivity contribution in [2.24, 2.45) is 9.98 Å². The largest absolute Gasteiger partial charge is 0.465 e. The van der Waals surface area contributed by atoms with Crippen LogP contribution in [0.4, 0.5) is 17.5 Å². The van der Waals surface area contributed by atoms with Gasteiger partial charge in [-0.1, -0.05) is 70.1 Å². The first-order valence-corrected chi connectivity index (χ1v) is 10.0. The van der Waals surface area contributed by atoms with Gasteiger partial charge in [0.15, 0.2) is 11.5 Å². The third kappa shape index (κ3) is 3.81. The van der Waals surface area contributed by atoms with E-state index < -0.39 is 9.76 Å². The summed E-state index contributed by atoms with van der Waals surface area (Å²) in [6, 6.07) is 8.05. The fourth-order valence-electron chi connectivity index (χ4n) is 2.70. The topological polar surface area (TPSA) is 93.2 Å². The number of aliphatic imine (C=N–C) groups is 1. The number of carbonyl (C=O) groups excluding carboxylic acids is 1. The Hall–Kier alpha value is -2.10. The molecule has 0 radical (unpaired) electrons. The maximum atomic E-state index is 12.0. The zero-order chi connectivity index (χ0) is 21.6. The third-order valence-corrected chi connectivity index (χ3v) is 5.08. The van der Waals surface area contributed by atoms with E-state index >= 15 is 0 Å². The molecule has 0 bridgehead atoms. The Morgan fingerprint density at radius 3 is 2.60 bits per heavy atom. The van der Waals surface area contributed by atoms with Crippen LogP contribution in [-0.4, -0.2) is 37.1 Å².